The summed E-state index contributed by atoms with van der Waals surface area (Å²) in [4.78, 5) is 3.60. The number of hydrogen-bond acceptors (Lipinski definition) is 4. The summed E-state index contributed by atoms with van der Waals surface area (Å²) >= 11 is 0. The zero-order valence-electron chi connectivity index (χ0n) is 15.7. The fraction of sp³-hybridized carbons (Fsp3) is 0.429. The van der Waals surface area contributed by atoms with Crippen LogP contribution in [0, 0.1) is 5.82 Å². The number of ether oxygens (including phenoxy) is 1. The Morgan fingerprint density at radius 3 is 2.63 bits per heavy atom. The van der Waals surface area contributed by atoms with Gasteiger partial charge in [-0.25, -0.2) is 8.60 Å². The molecule has 0 amide bonds. The Kier molecular flexibility index (Phi) is 5.05. The molecular formula is C21H25FN2O2S. The Morgan fingerprint density at radius 1 is 1.15 bits per heavy atom. The molecule has 2 aliphatic rings. The maximum atomic E-state index is 13.5. The van der Waals surface area contributed by atoms with Crippen molar-refractivity contribution in [1.82, 2.24) is 10.2 Å². The molecule has 1 N–H and O–H groups in total. The lowest BCUT2D eigenvalue weighted by Crippen LogP contribution is -2.48. The van der Waals surface area contributed by atoms with Crippen molar-refractivity contribution in [2.75, 3.05) is 26.2 Å². The molecule has 0 saturated carbocycles. The van der Waals surface area contributed by atoms with Gasteiger partial charge in [-0.1, -0.05) is 12.1 Å². The van der Waals surface area contributed by atoms with Crippen molar-refractivity contribution >= 4 is 10.8 Å². The molecule has 0 bridgehead atoms. The number of halogens is 1. The van der Waals surface area contributed by atoms with Crippen molar-refractivity contribution in [1.29, 1.82) is 0 Å². The van der Waals surface area contributed by atoms with E-state index in [0.29, 0.717) is 15.8 Å². The van der Waals surface area contributed by atoms with Crippen LogP contribution in [-0.4, -0.2) is 40.9 Å². The summed E-state index contributed by atoms with van der Waals surface area (Å²) in [5.74, 6) is 0.409. The Hall–Kier alpha value is -1.76. The Labute approximate surface area is 162 Å². The van der Waals surface area contributed by atoms with Crippen LogP contribution in [0.2, 0.25) is 0 Å². The molecule has 0 radical (unpaired) electrons. The molecule has 6 heteroatoms. The smallest absolute Gasteiger partial charge is 0.126 e. The zero-order chi connectivity index (χ0) is 19.0. The molecule has 2 heterocycles. The van der Waals surface area contributed by atoms with Crippen LogP contribution in [0.3, 0.4) is 0 Å². The highest BCUT2D eigenvalue weighted by atomic mass is 32.2. The first kappa shape index (κ1) is 18.6. The van der Waals surface area contributed by atoms with Crippen molar-refractivity contribution in [3.63, 3.8) is 0 Å². The van der Waals surface area contributed by atoms with Crippen LogP contribution in [-0.2, 0) is 10.8 Å². The summed E-state index contributed by atoms with van der Waals surface area (Å²) in [6, 6.07) is 12.0. The van der Waals surface area contributed by atoms with Gasteiger partial charge in [-0.05, 0) is 44.2 Å². The van der Waals surface area contributed by atoms with Gasteiger partial charge in [-0.15, -0.1) is 0 Å². The van der Waals surface area contributed by atoms with Gasteiger partial charge in [0.05, 0.1) is 10.8 Å². The van der Waals surface area contributed by atoms with Crippen LogP contribution in [0.4, 0.5) is 4.39 Å². The van der Waals surface area contributed by atoms with Crippen molar-refractivity contribution in [3.8, 4) is 5.75 Å². The van der Waals surface area contributed by atoms with Crippen molar-refractivity contribution < 1.29 is 13.3 Å². The third kappa shape index (κ3) is 3.93. The lowest BCUT2D eigenvalue weighted by atomic mass is 9.88. The second-order valence-electron chi connectivity index (χ2n) is 7.79. The average Bonchev–Trinajstić information content (AvgIpc) is 2.66. The Bertz CT molecular complexity index is 865. The Balaban J connectivity index is 1.68. The summed E-state index contributed by atoms with van der Waals surface area (Å²) in [6.45, 7) is 8.21. The molecule has 2 atom stereocenters. The van der Waals surface area contributed by atoms with Gasteiger partial charge >= 0.3 is 0 Å². The van der Waals surface area contributed by atoms with E-state index in [2.05, 4.69) is 24.1 Å². The number of piperazine rings is 1. The van der Waals surface area contributed by atoms with Crippen LogP contribution < -0.4 is 10.1 Å². The van der Waals surface area contributed by atoms with Gasteiger partial charge in [0.15, 0.2) is 0 Å². The molecule has 0 spiro atoms. The van der Waals surface area contributed by atoms with E-state index in [1.807, 2.05) is 18.2 Å². The number of fused-ring (bicyclic) bond motifs is 1. The fourth-order valence-electron chi connectivity index (χ4n) is 3.95. The minimum atomic E-state index is -1.44. The maximum absolute atomic E-state index is 13.5. The minimum Gasteiger partial charge on any atom is -0.487 e. The molecule has 1 saturated heterocycles. The van der Waals surface area contributed by atoms with Gasteiger partial charge in [0, 0.05) is 54.0 Å². The van der Waals surface area contributed by atoms with Gasteiger partial charge in [-0.2, -0.15) is 0 Å². The van der Waals surface area contributed by atoms with Crippen LogP contribution in [0.25, 0.3) is 0 Å². The first-order valence-corrected chi connectivity index (χ1v) is 10.5. The molecule has 0 aromatic heterocycles. The molecule has 4 nitrogen and oxygen atoms in total. The van der Waals surface area contributed by atoms with E-state index < -0.39 is 10.8 Å². The zero-order valence-corrected chi connectivity index (χ0v) is 16.5. The highest BCUT2D eigenvalue weighted by molar-refractivity contribution is 7.85. The lowest BCUT2D eigenvalue weighted by molar-refractivity contribution is 0.0257. The summed E-state index contributed by atoms with van der Waals surface area (Å²) in [5, 5.41) is 3.40. The number of rotatable bonds is 3. The average molecular weight is 389 g/mol. The van der Waals surface area contributed by atoms with E-state index in [1.54, 1.807) is 12.1 Å². The van der Waals surface area contributed by atoms with Crippen molar-refractivity contribution in [3.05, 3.63) is 53.8 Å². The van der Waals surface area contributed by atoms with Crippen molar-refractivity contribution in [2.45, 2.75) is 41.7 Å². The molecule has 0 aliphatic carbocycles. The number of nitrogens with one attached hydrogen (secondary N) is 1. The summed E-state index contributed by atoms with van der Waals surface area (Å²) < 4.78 is 32.6. The molecular weight excluding hydrogens is 363 g/mol. The second-order valence-corrected chi connectivity index (χ2v) is 9.27. The van der Waals surface area contributed by atoms with Gasteiger partial charge in [0.1, 0.15) is 17.2 Å². The van der Waals surface area contributed by atoms with E-state index in [9.17, 15) is 8.60 Å². The molecule has 144 valence electrons. The molecule has 27 heavy (non-hydrogen) atoms. The molecule has 2 unspecified atom stereocenters. The molecule has 1 fully saturated rings. The number of benzene rings is 2. The Morgan fingerprint density at radius 2 is 1.89 bits per heavy atom. The minimum absolute atomic E-state index is 0.290. The predicted molar refractivity (Wildman–Crippen MR) is 104 cm³/mol. The normalized spacial score (nSPS) is 23.3. The number of nitrogens with zero attached hydrogens (tertiary/aromatic N) is 1. The third-order valence-corrected chi connectivity index (χ3v) is 6.60. The third-order valence-electron chi connectivity index (χ3n) is 5.23. The SMILES string of the molecule is CC1(C)CC(N2CCNCC2)c2ccc(S(=O)c3cccc(F)c3)cc2O1. The summed E-state index contributed by atoms with van der Waals surface area (Å²) in [6.07, 6.45) is 0.923. The number of hydrogen-bond donors (Lipinski definition) is 1. The van der Waals surface area contributed by atoms with E-state index in [-0.39, 0.29) is 11.4 Å². The summed E-state index contributed by atoms with van der Waals surface area (Å²) in [5.41, 5.74) is 0.859. The second kappa shape index (κ2) is 7.34. The monoisotopic (exact) mass is 388 g/mol. The summed E-state index contributed by atoms with van der Waals surface area (Å²) in [7, 11) is -1.44. The molecule has 2 aromatic rings. The van der Waals surface area contributed by atoms with Gasteiger partial charge in [0.2, 0.25) is 0 Å². The van der Waals surface area contributed by atoms with E-state index in [1.165, 1.54) is 12.1 Å². The highest BCUT2D eigenvalue weighted by Crippen LogP contribution is 2.43. The van der Waals surface area contributed by atoms with Gasteiger partial charge in [0.25, 0.3) is 0 Å². The van der Waals surface area contributed by atoms with Crippen LogP contribution in [0.5, 0.6) is 5.75 Å². The maximum Gasteiger partial charge on any atom is 0.126 e. The molecule has 2 aromatic carbocycles. The highest BCUT2D eigenvalue weighted by Gasteiger charge is 2.37. The quantitative estimate of drug-likeness (QED) is 0.874. The molecule has 2 aliphatic heterocycles. The van der Waals surface area contributed by atoms with Crippen molar-refractivity contribution in [2.24, 2.45) is 0 Å². The van der Waals surface area contributed by atoms with Crippen LogP contribution in [0.1, 0.15) is 31.9 Å². The fourth-order valence-corrected chi connectivity index (χ4v) is 5.05. The topological polar surface area (TPSA) is 41.6 Å². The van der Waals surface area contributed by atoms with Crippen LogP contribution in [0.15, 0.2) is 52.3 Å². The first-order valence-electron chi connectivity index (χ1n) is 9.38. The first-order chi connectivity index (χ1) is 12.9. The van der Waals surface area contributed by atoms with Crippen LogP contribution >= 0.6 is 0 Å². The molecule has 4 rings (SSSR count). The predicted octanol–water partition coefficient (Wildman–Crippen LogP) is 3.50. The standard InChI is InChI=1S/C21H25FN2O2S/c1-21(2)14-19(24-10-8-23-9-11-24)18-7-6-17(13-20(18)26-21)27(25)16-5-3-4-15(22)12-16/h3-7,12-13,19,23H,8-11,14H2,1-2H3. The van der Waals surface area contributed by atoms with E-state index >= 15 is 0 Å². The van der Waals surface area contributed by atoms with E-state index in [4.69, 9.17) is 4.74 Å². The lowest BCUT2D eigenvalue weighted by Gasteiger charge is -2.44. The van der Waals surface area contributed by atoms with E-state index in [0.717, 1.165) is 43.9 Å². The van der Waals surface area contributed by atoms with Gasteiger partial charge < -0.3 is 10.1 Å². The largest absolute Gasteiger partial charge is 0.487 e. The van der Waals surface area contributed by atoms with Gasteiger partial charge in [-0.3, -0.25) is 4.90 Å².